The van der Waals surface area contributed by atoms with E-state index in [-0.39, 0.29) is 16.5 Å². The second kappa shape index (κ2) is 6.38. The summed E-state index contributed by atoms with van der Waals surface area (Å²) in [4.78, 5) is 11.8. The molecule has 0 radical (unpaired) electrons. The molecule has 2 rings (SSSR count). The summed E-state index contributed by atoms with van der Waals surface area (Å²) in [6, 6.07) is 8.74. The van der Waals surface area contributed by atoms with E-state index in [2.05, 4.69) is 4.72 Å². The van der Waals surface area contributed by atoms with Gasteiger partial charge < -0.3 is 5.11 Å². The van der Waals surface area contributed by atoms with Gasteiger partial charge in [-0.05, 0) is 36.1 Å². The molecule has 0 aliphatic carbocycles. The van der Waals surface area contributed by atoms with Gasteiger partial charge in [0.1, 0.15) is 0 Å². The van der Waals surface area contributed by atoms with Crippen molar-refractivity contribution in [2.45, 2.75) is 24.3 Å². The van der Waals surface area contributed by atoms with E-state index < -0.39 is 16.0 Å². The number of carboxylic acids is 1. The van der Waals surface area contributed by atoms with E-state index in [9.17, 15) is 13.2 Å². The third-order valence-corrected chi connectivity index (χ3v) is 5.44. The minimum atomic E-state index is -3.76. The van der Waals surface area contributed by atoms with Crippen LogP contribution < -0.4 is 4.72 Å². The van der Waals surface area contributed by atoms with Crippen molar-refractivity contribution in [2.75, 3.05) is 0 Å². The SMILES string of the molecule is CCC(NS(=O)(=O)c1cccc(C(=O)O)c1)c1cccs1. The third kappa shape index (κ3) is 3.69. The van der Waals surface area contributed by atoms with Gasteiger partial charge in [-0.1, -0.05) is 19.1 Å². The quantitative estimate of drug-likeness (QED) is 0.855. The maximum absolute atomic E-state index is 12.4. The lowest BCUT2D eigenvalue weighted by Gasteiger charge is -2.16. The minimum Gasteiger partial charge on any atom is -0.478 e. The van der Waals surface area contributed by atoms with Gasteiger partial charge in [-0.3, -0.25) is 0 Å². The summed E-state index contributed by atoms with van der Waals surface area (Å²) in [5.41, 5.74) is -0.0537. The summed E-state index contributed by atoms with van der Waals surface area (Å²) < 4.78 is 27.4. The Balaban J connectivity index is 2.29. The van der Waals surface area contributed by atoms with Crippen molar-refractivity contribution in [1.29, 1.82) is 0 Å². The first-order chi connectivity index (χ1) is 9.94. The molecule has 112 valence electrons. The van der Waals surface area contributed by atoms with Crippen molar-refractivity contribution in [3.8, 4) is 0 Å². The van der Waals surface area contributed by atoms with Gasteiger partial charge in [0.2, 0.25) is 10.0 Å². The molecule has 1 aromatic heterocycles. The van der Waals surface area contributed by atoms with Crippen molar-refractivity contribution in [3.05, 3.63) is 52.2 Å². The summed E-state index contributed by atoms with van der Waals surface area (Å²) in [5, 5.41) is 10.8. The zero-order chi connectivity index (χ0) is 15.5. The van der Waals surface area contributed by atoms with Crippen LogP contribution in [0.15, 0.2) is 46.7 Å². The average molecular weight is 325 g/mol. The summed E-state index contributed by atoms with van der Waals surface area (Å²) in [7, 11) is -3.76. The number of thiophene rings is 1. The van der Waals surface area contributed by atoms with Gasteiger partial charge in [0.15, 0.2) is 0 Å². The molecule has 0 aliphatic heterocycles. The minimum absolute atomic E-state index is 0.0441. The summed E-state index contributed by atoms with van der Waals surface area (Å²) >= 11 is 1.48. The largest absolute Gasteiger partial charge is 0.478 e. The van der Waals surface area contributed by atoms with Crippen LogP contribution >= 0.6 is 11.3 Å². The molecule has 0 bridgehead atoms. The van der Waals surface area contributed by atoms with Gasteiger partial charge in [-0.25, -0.2) is 17.9 Å². The Labute approximate surface area is 127 Å². The van der Waals surface area contributed by atoms with Gasteiger partial charge in [0.05, 0.1) is 16.5 Å². The third-order valence-electron chi connectivity index (χ3n) is 2.98. The molecule has 0 aliphatic rings. The number of aromatic carboxylic acids is 1. The Kier molecular flexibility index (Phi) is 4.76. The first kappa shape index (κ1) is 15.7. The number of rotatable bonds is 6. The van der Waals surface area contributed by atoms with Crippen molar-refractivity contribution in [2.24, 2.45) is 0 Å². The van der Waals surface area contributed by atoms with E-state index in [1.807, 2.05) is 24.4 Å². The van der Waals surface area contributed by atoms with Crippen molar-refractivity contribution < 1.29 is 18.3 Å². The maximum atomic E-state index is 12.4. The van der Waals surface area contributed by atoms with Gasteiger partial charge in [-0.2, -0.15) is 0 Å². The number of carbonyl (C=O) groups is 1. The number of sulfonamides is 1. The fourth-order valence-corrected chi connectivity index (χ4v) is 4.16. The normalized spacial score (nSPS) is 13.0. The van der Waals surface area contributed by atoms with E-state index in [0.29, 0.717) is 6.42 Å². The Hall–Kier alpha value is -1.70. The summed E-state index contributed by atoms with van der Waals surface area (Å²) in [6.07, 6.45) is 0.609. The molecular formula is C14H15NO4S2. The van der Waals surface area contributed by atoms with Crippen LogP contribution in [0.3, 0.4) is 0 Å². The Morgan fingerprint density at radius 3 is 2.67 bits per heavy atom. The molecule has 0 fully saturated rings. The number of carboxylic acid groups (broad SMARTS) is 1. The van der Waals surface area contributed by atoms with Crippen LogP contribution in [-0.4, -0.2) is 19.5 Å². The molecule has 0 amide bonds. The molecule has 1 atom stereocenters. The molecule has 2 N–H and O–H groups in total. The zero-order valence-electron chi connectivity index (χ0n) is 11.3. The van der Waals surface area contributed by atoms with E-state index in [4.69, 9.17) is 5.11 Å². The molecule has 21 heavy (non-hydrogen) atoms. The van der Waals surface area contributed by atoms with Crippen LogP contribution in [0.5, 0.6) is 0 Å². The Bertz CT molecular complexity index is 723. The highest BCUT2D eigenvalue weighted by Crippen LogP contribution is 2.24. The first-order valence-corrected chi connectivity index (χ1v) is 8.69. The fraction of sp³-hybridized carbons (Fsp3) is 0.214. The fourth-order valence-electron chi connectivity index (χ4n) is 1.88. The highest BCUT2D eigenvalue weighted by atomic mass is 32.2. The first-order valence-electron chi connectivity index (χ1n) is 6.33. The van der Waals surface area contributed by atoms with Crippen LogP contribution in [0.25, 0.3) is 0 Å². The summed E-state index contributed by atoms with van der Waals surface area (Å²) in [5.74, 6) is -1.16. The van der Waals surface area contributed by atoms with Crippen LogP contribution in [0.2, 0.25) is 0 Å². The smallest absolute Gasteiger partial charge is 0.335 e. The van der Waals surface area contributed by atoms with Crippen molar-refractivity contribution in [3.63, 3.8) is 0 Å². The van der Waals surface area contributed by atoms with E-state index >= 15 is 0 Å². The summed E-state index contributed by atoms with van der Waals surface area (Å²) in [6.45, 7) is 1.89. The molecule has 7 heteroatoms. The molecule has 0 saturated carbocycles. The van der Waals surface area contributed by atoms with Crippen LogP contribution in [0, 0.1) is 0 Å². The average Bonchev–Trinajstić information content (AvgIpc) is 2.99. The van der Waals surface area contributed by atoms with Gasteiger partial charge in [0, 0.05) is 4.88 Å². The zero-order valence-corrected chi connectivity index (χ0v) is 12.9. The highest BCUT2D eigenvalue weighted by molar-refractivity contribution is 7.89. The molecule has 1 heterocycles. The van der Waals surface area contributed by atoms with Gasteiger partial charge in [0.25, 0.3) is 0 Å². The predicted molar refractivity (Wildman–Crippen MR) is 81.1 cm³/mol. The lowest BCUT2D eigenvalue weighted by molar-refractivity contribution is 0.0696. The van der Waals surface area contributed by atoms with Crippen molar-refractivity contribution >= 4 is 27.3 Å². The predicted octanol–water partition coefficient (Wildman–Crippen LogP) is 2.88. The Morgan fingerprint density at radius 2 is 2.10 bits per heavy atom. The number of nitrogens with one attached hydrogen (secondary N) is 1. The molecule has 0 spiro atoms. The molecule has 1 aromatic carbocycles. The highest BCUT2D eigenvalue weighted by Gasteiger charge is 2.21. The number of benzene rings is 1. The number of hydrogen-bond donors (Lipinski definition) is 2. The number of hydrogen-bond acceptors (Lipinski definition) is 4. The molecule has 2 aromatic rings. The standard InChI is InChI=1S/C14H15NO4S2/c1-2-12(13-7-4-8-20-13)15-21(18,19)11-6-3-5-10(9-11)14(16)17/h3-9,12,15H,2H2,1H3,(H,16,17). The van der Waals surface area contributed by atoms with Crippen LogP contribution in [-0.2, 0) is 10.0 Å². The lowest BCUT2D eigenvalue weighted by Crippen LogP contribution is -2.28. The van der Waals surface area contributed by atoms with E-state index in [1.54, 1.807) is 0 Å². The maximum Gasteiger partial charge on any atom is 0.335 e. The monoisotopic (exact) mass is 325 g/mol. The van der Waals surface area contributed by atoms with Crippen molar-refractivity contribution in [1.82, 2.24) is 4.72 Å². The van der Waals surface area contributed by atoms with E-state index in [1.165, 1.54) is 29.5 Å². The molecule has 0 saturated heterocycles. The molecule has 1 unspecified atom stereocenters. The van der Waals surface area contributed by atoms with Gasteiger partial charge >= 0.3 is 5.97 Å². The van der Waals surface area contributed by atoms with Crippen LogP contribution in [0.4, 0.5) is 0 Å². The topological polar surface area (TPSA) is 83.5 Å². The van der Waals surface area contributed by atoms with E-state index in [0.717, 1.165) is 10.9 Å². The second-order valence-electron chi connectivity index (χ2n) is 4.43. The van der Waals surface area contributed by atoms with Gasteiger partial charge in [-0.15, -0.1) is 11.3 Å². The Morgan fingerprint density at radius 1 is 1.33 bits per heavy atom. The second-order valence-corrected chi connectivity index (χ2v) is 7.12. The molecular weight excluding hydrogens is 310 g/mol. The molecule has 5 nitrogen and oxygen atoms in total. The lowest BCUT2D eigenvalue weighted by atomic mass is 10.2. The van der Waals surface area contributed by atoms with Crippen LogP contribution in [0.1, 0.15) is 34.6 Å².